The molecule has 1 saturated carbocycles. The molecule has 1 aliphatic carbocycles. The standard InChI is InChI=1S/C20H29NO3.BrH/c1-21(2)12-11-17(14-21)24-19(22)13-16-9-6-10-18(20(16)23)15-7-4-3-5-8-15;/h6,9-10,15,17H,3-5,7-8,11-14H2,1-2H3;1H/t17-;/m1./s1. The summed E-state index contributed by atoms with van der Waals surface area (Å²) in [4.78, 5) is 12.3. The van der Waals surface area contributed by atoms with Gasteiger partial charge in [0.05, 0.1) is 27.1 Å². The SMILES string of the molecule is C[N+]1(C)CC[C@@H](OC(=O)Cc2cccc(C3CCCCC3)c2O)C1.[Br-]. The van der Waals surface area contributed by atoms with Crippen LogP contribution < -0.4 is 17.0 Å². The number of phenolic OH excluding ortho intramolecular Hbond substituents is 1. The van der Waals surface area contributed by atoms with E-state index in [4.69, 9.17) is 4.74 Å². The predicted octanol–water partition coefficient (Wildman–Crippen LogP) is 0.378. The summed E-state index contributed by atoms with van der Waals surface area (Å²) >= 11 is 0. The molecule has 2 aliphatic rings. The van der Waals surface area contributed by atoms with E-state index >= 15 is 0 Å². The van der Waals surface area contributed by atoms with Gasteiger partial charge in [-0.05, 0) is 24.3 Å². The molecule has 25 heavy (non-hydrogen) atoms. The number of carbonyl (C=O) groups is 1. The number of ether oxygens (including phenoxy) is 1. The van der Waals surface area contributed by atoms with Crippen LogP contribution >= 0.6 is 0 Å². The first kappa shape index (κ1) is 20.2. The molecule has 4 nitrogen and oxygen atoms in total. The van der Waals surface area contributed by atoms with Crippen molar-refractivity contribution in [2.75, 3.05) is 27.2 Å². The third kappa shape index (κ3) is 5.20. The Balaban J connectivity index is 0.00000225. The number of halogens is 1. The summed E-state index contributed by atoms with van der Waals surface area (Å²) in [5.74, 6) is 0.518. The van der Waals surface area contributed by atoms with Crippen molar-refractivity contribution >= 4 is 5.97 Å². The van der Waals surface area contributed by atoms with E-state index < -0.39 is 0 Å². The highest BCUT2D eigenvalue weighted by Gasteiger charge is 2.33. The third-order valence-corrected chi connectivity index (χ3v) is 5.58. The number of aromatic hydroxyl groups is 1. The molecular formula is C20H30BrNO3. The molecule has 3 rings (SSSR count). The summed E-state index contributed by atoms with van der Waals surface area (Å²) in [7, 11) is 4.32. The molecule has 1 atom stereocenters. The molecular weight excluding hydrogens is 382 g/mol. The first-order chi connectivity index (χ1) is 11.4. The second-order valence-corrected chi connectivity index (χ2v) is 8.11. The first-order valence-electron chi connectivity index (χ1n) is 9.27. The lowest BCUT2D eigenvalue weighted by Crippen LogP contribution is -3.00. The van der Waals surface area contributed by atoms with Crippen LogP contribution in [0.1, 0.15) is 55.6 Å². The molecule has 1 aromatic carbocycles. The zero-order chi connectivity index (χ0) is 17.2. The molecule has 1 saturated heterocycles. The average molecular weight is 412 g/mol. The first-order valence-corrected chi connectivity index (χ1v) is 9.27. The van der Waals surface area contributed by atoms with Crippen LogP contribution in [0.4, 0.5) is 0 Å². The number of likely N-dealkylation sites (tertiary alicyclic amines) is 1. The van der Waals surface area contributed by atoms with E-state index in [0.29, 0.717) is 17.2 Å². The lowest BCUT2D eigenvalue weighted by Gasteiger charge is -2.24. The Hall–Kier alpha value is -1.07. The van der Waals surface area contributed by atoms with E-state index in [1.54, 1.807) is 0 Å². The van der Waals surface area contributed by atoms with Gasteiger partial charge in [0.2, 0.25) is 0 Å². The molecule has 1 aromatic rings. The van der Waals surface area contributed by atoms with Crippen molar-refractivity contribution in [3.05, 3.63) is 29.3 Å². The minimum absolute atomic E-state index is 0. The molecule has 0 unspecified atom stereocenters. The van der Waals surface area contributed by atoms with Gasteiger partial charge in [0.25, 0.3) is 0 Å². The molecule has 0 amide bonds. The number of phenols is 1. The van der Waals surface area contributed by atoms with Crippen LogP contribution in [-0.4, -0.2) is 48.8 Å². The normalized spacial score (nSPS) is 23.0. The Labute approximate surface area is 161 Å². The van der Waals surface area contributed by atoms with Gasteiger partial charge in [0.15, 0.2) is 6.10 Å². The summed E-state index contributed by atoms with van der Waals surface area (Å²) in [5, 5.41) is 10.6. The Kier molecular flexibility index (Phi) is 6.92. The summed E-state index contributed by atoms with van der Waals surface area (Å²) in [5.41, 5.74) is 1.72. The maximum absolute atomic E-state index is 12.3. The molecule has 0 aromatic heterocycles. The van der Waals surface area contributed by atoms with Gasteiger partial charge in [-0.2, -0.15) is 0 Å². The molecule has 0 radical (unpaired) electrons. The van der Waals surface area contributed by atoms with Crippen molar-refractivity contribution in [1.82, 2.24) is 0 Å². The number of esters is 1. The lowest BCUT2D eigenvalue weighted by atomic mass is 9.83. The molecule has 1 aliphatic heterocycles. The Bertz CT molecular complexity index is 597. The van der Waals surface area contributed by atoms with Crippen LogP contribution in [0.5, 0.6) is 5.75 Å². The maximum Gasteiger partial charge on any atom is 0.310 e. The minimum Gasteiger partial charge on any atom is -1.00 e. The predicted molar refractivity (Wildman–Crippen MR) is 94.0 cm³/mol. The highest BCUT2D eigenvalue weighted by molar-refractivity contribution is 5.74. The second kappa shape index (κ2) is 8.54. The number of likely N-dealkylation sites (N-methyl/N-ethyl adjacent to an activating group) is 1. The van der Waals surface area contributed by atoms with Gasteiger partial charge in [0.1, 0.15) is 12.3 Å². The number of hydrogen-bond acceptors (Lipinski definition) is 3. The number of rotatable bonds is 4. The fraction of sp³-hybridized carbons (Fsp3) is 0.650. The van der Waals surface area contributed by atoms with Crippen molar-refractivity contribution < 1.29 is 36.1 Å². The van der Waals surface area contributed by atoms with Gasteiger partial charge < -0.3 is 31.3 Å². The van der Waals surface area contributed by atoms with Gasteiger partial charge in [-0.15, -0.1) is 0 Å². The number of hydrogen-bond donors (Lipinski definition) is 1. The average Bonchev–Trinajstić information content (AvgIpc) is 2.89. The van der Waals surface area contributed by atoms with Crippen LogP contribution in [-0.2, 0) is 16.0 Å². The minimum atomic E-state index is -0.224. The fourth-order valence-electron chi connectivity index (χ4n) is 4.20. The van der Waals surface area contributed by atoms with Crippen molar-refractivity contribution in [3.63, 3.8) is 0 Å². The monoisotopic (exact) mass is 411 g/mol. The smallest absolute Gasteiger partial charge is 0.310 e. The zero-order valence-electron chi connectivity index (χ0n) is 15.3. The van der Waals surface area contributed by atoms with Crippen LogP contribution in [0.2, 0.25) is 0 Å². The van der Waals surface area contributed by atoms with Crippen LogP contribution in [0.25, 0.3) is 0 Å². The van der Waals surface area contributed by atoms with E-state index in [9.17, 15) is 9.90 Å². The van der Waals surface area contributed by atoms with E-state index in [2.05, 4.69) is 14.1 Å². The van der Waals surface area contributed by atoms with Crippen molar-refractivity contribution in [3.8, 4) is 5.75 Å². The van der Waals surface area contributed by atoms with E-state index in [1.807, 2.05) is 18.2 Å². The highest BCUT2D eigenvalue weighted by atomic mass is 79.9. The van der Waals surface area contributed by atoms with Crippen molar-refractivity contribution in [1.29, 1.82) is 0 Å². The van der Waals surface area contributed by atoms with E-state index in [-0.39, 0.29) is 35.5 Å². The topological polar surface area (TPSA) is 46.5 Å². The van der Waals surface area contributed by atoms with Gasteiger partial charge in [-0.3, -0.25) is 4.79 Å². The number of nitrogens with zero attached hydrogens (tertiary/aromatic N) is 1. The molecule has 0 spiro atoms. The number of quaternary nitrogens is 1. The third-order valence-electron chi connectivity index (χ3n) is 5.58. The van der Waals surface area contributed by atoms with Gasteiger partial charge in [-0.1, -0.05) is 37.5 Å². The summed E-state index contributed by atoms with van der Waals surface area (Å²) in [6, 6.07) is 5.82. The van der Waals surface area contributed by atoms with Gasteiger partial charge in [0, 0.05) is 12.0 Å². The number of carbonyl (C=O) groups excluding carboxylic acids is 1. The number of para-hydroxylation sites is 1. The zero-order valence-corrected chi connectivity index (χ0v) is 16.9. The van der Waals surface area contributed by atoms with Crippen LogP contribution in [0.15, 0.2) is 18.2 Å². The molecule has 2 fully saturated rings. The molecule has 0 bridgehead atoms. The Morgan fingerprint density at radius 1 is 1.20 bits per heavy atom. The quantitative estimate of drug-likeness (QED) is 0.575. The van der Waals surface area contributed by atoms with E-state index in [0.717, 1.165) is 42.4 Å². The second-order valence-electron chi connectivity index (χ2n) is 8.11. The van der Waals surface area contributed by atoms with Gasteiger partial charge >= 0.3 is 5.97 Å². The lowest BCUT2D eigenvalue weighted by molar-refractivity contribution is -0.879. The molecule has 1 N–H and O–H groups in total. The molecule has 1 heterocycles. The fourth-order valence-corrected chi connectivity index (χ4v) is 4.20. The van der Waals surface area contributed by atoms with Crippen LogP contribution in [0, 0.1) is 0 Å². The summed E-state index contributed by atoms with van der Waals surface area (Å²) in [6.45, 7) is 1.92. The van der Waals surface area contributed by atoms with Crippen molar-refractivity contribution in [2.24, 2.45) is 0 Å². The summed E-state index contributed by atoms with van der Waals surface area (Å²) < 4.78 is 6.53. The van der Waals surface area contributed by atoms with E-state index in [1.165, 1.54) is 19.3 Å². The molecule has 140 valence electrons. The Morgan fingerprint density at radius 3 is 2.56 bits per heavy atom. The van der Waals surface area contributed by atoms with Gasteiger partial charge in [-0.25, -0.2) is 0 Å². The largest absolute Gasteiger partial charge is 1.00 e. The maximum atomic E-state index is 12.3. The molecule has 5 heteroatoms. The number of benzene rings is 1. The summed E-state index contributed by atoms with van der Waals surface area (Å²) in [6.07, 6.45) is 7.12. The van der Waals surface area contributed by atoms with Crippen molar-refractivity contribution in [2.45, 2.75) is 57.0 Å². The van der Waals surface area contributed by atoms with Crippen LogP contribution in [0.3, 0.4) is 0 Å². The Morgan fingerprint density at radius 2 is 1.92 bits per heavy atom. The highest BCUT2D eigenvalue weighted by Crippen LogP contribution is 2.38.